The lowest BCUT2D eigenvalue weighted by Crippen LogP contribution is -2.47. The Morgan fingerprint density at radius 3 is 2.75 bits per heavy atom. The predicted molar refractivity (Wildman–Crippen MR) is 104 cm³/mol. The molecule has 0 aliphatic carbocycles. The van der Waals surface area contributed by atoms with Gasteiger partial charge in [0.25, 0.3) is 11.1 Å². The summed E-state index contributed by atoms with van der Waals surface area (Å²) in [5.41, 5.74) is 0.433. The van der Waals surface area contributed by atoms with Crippen molar-refractivity contribution in [1.29, 1.82) is 0 Å². The van der Waals surface area contributed by atoms with Crippen LogP contribution in [-0.2, 0) is 19.4 Å². The Balaban J connectivity index is 1.72. The molecule has 0 aromatic heterocycles. The number of hydrogen-bond acceptors (Lipinski definition) is 6. The van der Waals surface area contributed by atoms with Crippen molar-refractivity contribution in [3.05, 3.63) is 40.6 Å². The molecule has 0 unspecified atom stereocenters. The second-order valence-corrected chi connectivity index (χ2v) is 9.78. The summed E-state index contributed by atoms with van der Waals surface area (Å²) in [5, 5.41) is -0.587. The molecular formula is C18H19FN2O5S2. The van der Waals surface area contributed by atoms with Crippen LogP contribution in [0.4, 0.5) is 9.18 Å². The predicted octanol–water partition coefficient (Wildman–Crippen LogP) is 1.90. The van der Waals surface area contributed by atoms with Crippen LogP contribution in [0.3, 0.4) is 0 Å². The average Bonchev–Trinajstić information content (AvgIpc) is 3.10. The van der Waals surface area contributed by atoms with Crippen molar-refractivity contribution in [2.24, 2.45) is 0 Å². The average molecular weight is 426 g/mol. The van der Waals surface area contributed by atoms with Crippen LogP contribution in [0.5, 0.6) is 0 Å². The molecule has 1 aromatic rings. The molecule has 0 N–H and O–H groups in total. The fourth-order valence-electron chi connectivity index (χ4n) is 3.27. The lowest BCUT2D eigenvalue weighted by atomic mass is 10.2. The lowest BCUT2D eigenvalue weighted by molar-refractivity contribution is -0.137. The van der Waals surface area contributed by atoms with Gasteiger partial charge in [0.1, 0.15) is 12.4 Å². The van der Waals surface area contributed by atoms with E-state index in [1.54, 1.807) is 13.0 Å². The number of rotatable bonds is 5. The zero-order chi connectivity index (χ0) is 20.5. The fraction of sp³-hybridized carbons (Fsp3) is 0.389. The van der Waals surface area contributed by atoms with Crippen LogP contribution in [0.2, 0.25) is 0 Å². The molecule has 0 saturated carbocycles. The van der Waals surface area contributed by atoms with E-state index in [1.165, 1.54) is 29.2 Å². The highest BCUT2D eigenvalue weighted by Gasteiger charge is 2.39. The first kappa shape index (κ1) is 20.5. The minimum atomic E-state index is -3.17. The summed E-state index contributed by atoms with van der Waals surface area (Å²) in [6, 6.07) is 5.15. The Morgan fingerprint density at radius 2 is 2.14 bits per heavy atom. The SMILES string of the molecule is CCN(C(=O)CN1C(=O)S/C(=C\c2cccc(F)c2)C1=O)[C@H]1CCS(=O)(=O)C1. The summed E-state index contributed by atoms with van der Waals surface area (Å²) in [6.45, 7) is 1.56. The molecule has 10 heteroatoms. The molecule has 0 bridgehead atoms. The maximum Gasteiger partial charge on any atom is 0.294 e. The molecule has 2 fully saturated rings. The molecule has 1 atom stereocenters. The molecule has 3 amide bonds. The van der Waals surface area contributed by atoms with Crippen LogP contribution in [0.25, 0.3) is 6.08 Å². The van der Waals surface area contributed by atoms with Crippen molar-refractivity contribution in [2.75, 3.05) is 24.6 Å². The highest BCUT2D eigenvalue weighted by Crippen LogP contribution is 2.32. The van der Waals surface area contributed by atoms with Crippen molar-refractivity contribution in [3.63, 3.8) is 0 Å². The number of thioether (sulfide) groups is 1. The van der Waals surface area contributed by atoms with Gasteiger partial charge in [-0.05, 0) is 48.9 Å². The first-order valence-electron chi connectivity index (χ1n) is 8.71. The highest BCUT2D eigenvalue weighted by atomic mass is 32.2. The number of imide groups is 1. The van der Waals surface area contributed by atoms with Gasteiger partial charge in [0.2, 0.25) is 5.91 Å². The third kappa shape index (κ3) is 4.44. The first-order chi connectivity index (χ1) is 13.2. The van der Waals surface area contributed by atoms with Crippen LogP contribution in [0.1, 0.15) is 18.9 Å². The zero-order valence-corrected chi connectivity index (χ0v) is 16.8. The molecule has 2 aliphatic heterocycles. The molecule has 2 aliphatic rings. The van der Waals surface area contributed by atoms with Gasteiger partial charge in [-0.2, -0.15) is 0 Å². The molecule has 2 saturated heterocycles. The van der Waals surface area contributed by atoms with E-state index in [9.17, 15) is 27.2 Å². The molecule has 0 spiro atoms. The molecule has 3 rings (SSSR count). The van der Waals surface area contributed by atoms with Crippen LogP contribution in [-0.4, -0.2) is 65.9 Å². The minimum absolute atomic E-state index is 0.0272. The van der Waals surface area contributed by atoms with Gasteiger partial charge in [0.15, 0.2) is 9.84 Å². The summed E-state index contributed by atoms with van der Waals surface area (Å²) in [7, 11) is -3.17. The smallest absolute Gasteiger partial charge is 0.294 e. The van der Waals surface area contributed by atoms with Crippen LogP contribution >= 0.6 is 11.8 Å². The van der Waals surface area contributed by atoms with E-state index < -0.39 is 45.3 Å². The molecule has 0 radical (unpaired) electrons. The fourth-order valence-corrected chi connectivity index (χ4v) is 5.84. The van der Waals surface area contributed by atoms with Crippen LogP contribution in [0.15, 0.2) is 29.2 Å². The Morgan fingerprint density at radius 1 is 1.39 bits per heavy atom. The van der Waals surface area contributed by atoms with Crippen LogP contribution < -0.4 is 0 Å². The number of sulfone groups is 1. The summed E-state index contributed by atoms with van der Waals surface area (Å²) in [4.78, 5) is 39.7. The Labute approximate surface area is 166 Å². The first-order valence-corrected chi connectivity index (χ1v) is 11.3. The lowest BCUT2D eigenvalue weighted by Gasteiger charge is -2.28. The van der Waals surface area contributed by atoms with Crippen LogP contribution in [0, 0.1) is 5.82 Å². The summed E-state index contributed by atoms with van der Waals surface area (Å²) in [6.07, 6.45) is 1.75. The molecule has 28 heavy (non-hydrogen) atoms. The molecular weight excluding hydrogens is 407 g/mol. The van der Waals surface area contributed by atoms with E-state index in [4.69, 9.17) is 0 Å². The van der Waals surface area contributed by atoms with Gasteiger partial charge in [-0.15, -0.1) is 0 Å². The van der Waals surface area contributed by atoms with Gasteiger partial charge in [0, 0.05) is 12.6 Å². The van der Waals surface area contributed by atoms with Gasteiger partial charge in [-0.3, -0.25) is 19.3 Å². The molecule has 2 heterocycles. The summed E-state index contributed by atoms with van der Waals surface area (Å²) >= 11 is 0.685. The third-order valence-electron chi connectivity index (χ3n) is 4.62. The summed E-state index contributed by atoms with van der Waals surface area (Å²) in [5.74, 6) is -1.64. The van der Waals surface area contributed by atoms with Crippen molar-refractivity contribution in [2.45, 2.75) is 19.4 Å². The second kappa shape index (κ2) is 8.04. The van der Waals surface area contributed by atoms with Crippen molar-refractivity contribution in [3.8, 4) is 0 Å². The quantitative estimate of drug-likeness (QED) is 0.668. The molecule has 1 aromatic carbocycles. The van der Waals surface area contributed by atoms with Gasteiger partial charge in [-0.1, -0.05) is 12.1 Å². The highest BCUT2D eigenvalue weighted by molar-refractivity contribution is 8.18. The topological polar surface area (TPSA) is 91.8 Å². The number of halogens is 1. The van der Waals surface area contributed by atoms with Gasteiger partial charge >= 0.3 is 0 Å². The van der Waals surface area contributed by atoms with Gasteiger partial charge in [-0.25, -0.2) is 12.8 Å². The van der Waals surface area contributed by atoms with Gasteiger partial charge < -0.3 is 4.90 Å². The van der Waals surface area contributed by atoms with Crippen molar-refractivity contribution >= 4 is 44.7 Å². The minimum Gasteiger partial charge on any atom is -0.337 e. The maximum atomic E-state index is 13.3. The zero-order valence-electron chi connectivity index (χ0n) is 15.1. The van der Waals surface area contributed by atoms with E-state index >= 15 is 0 Å². The summed E-state index contributed by atoms with van der Waals surface area (Å²) < 4.78 is 36.7. The number of hydrogen-bond donors (Lipinski definition) is 0. The van der Waals surface area contributed by atoms with E-state index in [-0.39, 0.29) is 23.0 Å². The number of benzene rings is 1. The van der Waals surface area contributed by atoms with E-state index in [0.717, 1.165) is 4.90 Å². The van der Waals surface area contributed by atoms with E-state index in [2.05, 4.69) is 0 Å². The number of carbonyl (C=O) groups is 3. The monoisotopic (exact) mass is 426 g/mol. The van der Waals surface area contributed by atoms with Crippen molar-refractivity contribution < 1.29 is 27.2 Å². The normalized spacial score (nSPS) is 22.9. The Kier molecular flexibility index (Phi) is 5.90. The number of likely N-dealkylation sites (N-methyl/N-ethyl adjacent to an activating group) is 1. The largest absolute Gasteiger partial charge is 0.337 e. The standard InChI is InChI=1S/C18H19FN2O5S2/c1-2-20(14-6-7-28(25,26)11-14)16(22)10-21-17(23)15(27-18(21)24)9-12-4-3-5-13(19)8-12/h3-5,8-9,14H,2,6-7,10-11H2,1H3/b15-9-/t14-/m0/s1. The molecule has 7 nitrogen and oxygen atoms in total. The number of carbonyl (C=O) groups excluding carboxylic acids is 3. The Hall–Kier alpha value is -2.20. The van der Waals surface area contributed by atoms with E-state index in [1.807, 2.05) is 0 Å². The number of nitrogens with zero attached hydrogens (tertiary/aromatic N) is 2. The molecule has 150 valence electrons. The Bertz CT molecular complexity index is 960. The second-order valence-electron chi connectivity index (χ2n) is 6.56. The van der Waals surface area contributed by atoms with Gasteiger partial charge in [0.05, 0.1) is 16.4 Å². The maximum absolute atomic E-state index is 13.3. The van der Waals surface area contributed by atoms with Crippen molar-refractivity contribution in [1.82, 2.24) is 9.80 Å². The third-order valence-corrected chi connectivity index (χ3v) is 7.28. The van der Waals surface area contributed by atoms with E-state index in [0.29, 0.717) is 23.7 Å². The number of amides is 3.